The molecule has 2 aliphatic heterocycles. The normalized spacial score (nSPS) is 39.7. The summed E-state index contributed by atoms with van der Waals surface area (Å²) >= 11 is 0. The van der Waals surface area contributed by atoms with Gasteiger partial charge in [0.2, 0.25) is 5.72 Å². The maximum Gasteiger partial charge on any atom is 0.239 e. The van der Waals surface area contributed by atoms with Crippen LogP contribution in [0, 0.1) is 0 Å². The molecule has 2 aliphatic rings. The Morgan fingerprint density at radius 1 is 1.64 bits per heavy atom. The second-order valence-electron chi connectivity index (χ2n) is 2.34. The van der Waals surface area contributed by atoms with Gasteiger partial charge < -0.3 is 16.2 Å². The fourth-order valence-electron chi connectivity index (χ4n) is 0.998. The van der Waals surface area contributed by atoms with E-state index in [0.717, 1.165) is 0 Å². The second kappa shape index (κ2) is 1.79. The van der Waals surface area contributed by atoms with E-state index in [1.165, 1.54) is 12.7 Å². The second-order valence-corrected chi connectivity index (χ2v) is 2.34. The summed E-state index contributed by atoms with van der Waals surface area (Å²) in [5.41, 5.74) is 4.03. The highest BCUT2D eigenvalue weighted by molar-refractivity contribution is 5.98. The Morgan fingerprint density at radius 2 is 2.45 bits per heavy atom. The minimum atomic E-state index is -1.39. The minimum Gasteiger partial charge on any atom is -0.383 e. The van der Waals surface area contributed by atoms with E-state index in [4.69, 9.17) is 5.73 Å². The van der Waals surface area contributed by atoms with Crippen molar-refractivity contribution in [3.05, 3.63) is 0 Å². The number of amidine groups is 1. The number of nitrogens with one attached hydrogen (secondary N) is 1. The number of hydrogen-bond donors (Lipinski definition) is 3. The molecule has 0 fully saturated rings. The summed E-state index contributed by atoms with van der Waals surface area (Å²) in [5.74, 6) is 0.0926. The van der Waals surface area contributed by atoms with E-state index >= 15 is 0 Å². The van der Waals surface area contributed by atoms with E-state index in [9.17, 15) is 5.11 Å². The van der Waals surface area contributed by atoms with Crippen molar-refractivity contribution in [3.8, 4) is 0 Å². The molecule has 0 aromatic carbocycles. The van der Waals surface area contributed by atoms with Crippen LogP contribution >= 0.6 is 0 Å². The van der Waals surface area contributed by atoms with Crippen LogP contribution in [0.3, 0.4) is 0 Å². The highest BCUT2D eigenvalue weighted by Gasteiger charge is 2.44. The third kappa shape index (κ3) is 0.666. The highest BCUT2D eigenvalue weighted by atomic mass is 16.3. The van der Waals surface area contributed by atoms with E-state index < -0.39 is 11.9 Å². The molecule has 0 radical (unpaired) electrons. The van der Waals surface area contributed by atoms with Gasteiger partial charge in [-0.3, -0.25) is 0 Å². The Bertz CT molecular complexity index is 270. The highest BCUT2D eigenvalue weighted by Crippen LogP contribution is 2.18. The van der Waals surface area contributed by atoms with E-state index in [0.29, 0.717) is 0 Å². The molecule has 6 nitrogen and oxygen atoms in total. The largest absolute Gasteiger partial charge is 0.383 e. The SMILES string of the molecule is NC1=NC=N[C@H]2N=CN[C@@]12O. The molecule has 0 aromatic rings. The maximum absolute atomic E-state index is 9.67. The van der Waals surface area contributed by atoms with Crippen LogP contribution in [0.2, 0.25) is 0 Å². The Kier molecular flexibility index (Phi) is 1.02. The third-order valence-electron chi connectivity index (χ3n) is 1.67. The first-order chi connectivity index (χ1) is 5.23. The van der Waals surface area contributed by atoms with Gasteiger partial charge in [0.05, 0.1) is 6.34 Å². The molecule has 6 heteroatoms. The van der Waals surface area contributed by atoms with Gasteiger partial charge >= 0.3 is 0 Å². The molecular weight excluding hydrogens is 146 g/mol. The van der Waals surface area contributed by atoms with Crippen LogP contribution in [-0.4, -0.2) is 35.5 Å². The number of fused-ring (bicyclic) bond motifs is 1. The van der Waals surface area contributed by atoms with Crippen molar-refractivity contribution in [3.63, 3.8) is 0 Å². The van der Waals surface area contributed by atoms with Gasteiger partial charge in [0.25, 0.3) is 0 Å². The Labute approximate surface area is 62.6 Å². The first kappa shape index (κ1) is 6.29. The van der Waals surface area contributed by atoms with Crippen LogP contribution in [0.1, 0.15) is 0 Å². The molecule has 4 N–H and O–H groups in total. The lowest BCUT2D eigenvalue weighted by Crippen LogP contribution is -2.59. The number of aliphatic imine (C=N–C) groups is 3. The molecule has 0 saturated heterocycles. The van der Waals surface area contributed by atoms with Crippen molar-refractivity contribution in [1.29, 1.82) is 0 Å². The average molecular weight is 153 g/mol. The number of rotatable bonds is 0. The number of hydrogen-bond acceptors (Lipinski definition) is 6. The predicted octanol–water partition coefficient (Wildman–Crippen LogP) is -1.97. The molecule has 0 aromatic heterocycles. The summed E-state index contributed by atoms with van der Waals surface area (Å²) in [7, 11) is 0. The van der Waals surface area contributed by atoms with Gasteiger partial charge in [-0.05, 0) is 0 Å². The van der Waals surface area contributed by atoms with E-state index in [-0.39, 0.29) is 5.84 Å². The number of aliphatic hydroxyl groups is 1. The lowest BCUT2D eigenvalue weighted by Gasteiger charge is -2.27. The molecule has 0 amide bonds. The maximum atomic E-state index is 9.67. The van der Waals surface area contributed by atoms with Crippen LogP contribution in [-0.2, 0) is 0 Å². The van der Waals surface area contributed by atoms with Crippen LogP contribution in [0.15, 0.2) is 15.0 Å². The molecule has 0 saturated carbocycles. The Hall–Kier alpha value is -1.43. The average Bonchev–Trinajstić information content (AvgIpc) is 2.34. The molecule has 58 valence electrons. The molecule has 2 heterocycles. The van der Waals surface area contributed by atoms with Gasteiger partial charge in [-0.1, -0.05) is 0 Å². The van der Waals surface area contributed by atoms with E-state index in [1.54, 1.807) is 0 Å². The van der Waals surface area contributed by atoms with Gasteiger partial charge in [0.15, 0.2) is 12.0 Å². The van der Waals surface area contributed by atoms with Gasteiger partial charge in [0, 0.05) is 0 Å². The Balaban J connectivity index is 2.41. The molecule has 0 aliphatic carbocycles. The topological polar surface area (TPSA) is 95.4 Å². The van der Waals surface area contributed by atoms with Crippen molar-refractivity contribution in [2.45, 2.75) is 11.9 Å². The lowest BCUT2D eigenvalue weighted by molar-refractivity contribution is 0.0815. The third-order valence-corrected chi connectivity index (χ3v) is 1.67. The zero-order chi connectivity index (χ0) is 7.90. The van der Waals surface area contributed by atoms with Crippen molar-refractivity contribution >= 4 is 18.5 Å². The van der Waals surface area contributed by atoms with Gasteiger partial charge in [-0.2, -0.15) is 0 Å². The molecule has 0 bridgehead atoms. The van der Waals surface area contributed by atoms with Gasteiger partial charge in [0.1, 0.15) is 6.34 Å². The van der Waals surface area contributed by atoms with Crippen molar-refractivity contribution in [2.24, 2.45) is 20.7 Å². The summed E-state index contributed by atoms with van der Waals surface area (Å²) in [5, 5.41) is 12.3. The summed E-state index contributed by atoms with van der Waals surface area (Å²) in [4.78, 5) is 11.3. The fourth-order valence-corrected chi connectivity index (χ4v) is 0.998. The minimum absolute atomic E-state index is 0.0926. The van der Waals surface area contributed by atoms with Crippen molar-refractivity contribution in [1.82, 2.24) is 5.32 Å². The smallest absolute Gasteiger partial charge is 0.239 e. The number of nitrogens with zero attached hydrogens (tertiary/aromatic N) is 3. The molecule has 0 unspecified atom stereocenters. The standard InChI is InChI=1S/C5H7N5O/c6-3-5(11)4(8-1-7-3)9-2-10-5/h1-2,4,11H,(H,9,10)(H2,6,7,8)/t4-,5+/m0/s1. The van der Waals surface area contributed by atoms with E-state index in [2.05, 4.69) is 20.3 Å². The molecule has 2 rings (SSSR count). The first-order valence-electron chi connectivity index (χ1n) is 3.10. The summed E-state index contributed by atoms with van der Waals surface area (Å²) in [6.07, 6.45) is 2.08. The molecule has 0 spiro atoms. The van der Waals surface area contributed by atoms with E-state index in [1.807, 2.05) is 0 Å². The summed E-state index contributed by atoms with van der Waals surface area (Å²) in [6.45, 7) is 0. The van der Waals surface area contributed by atoms with Crippen LogP contribution in [0.25, 0.3) is 0 Å². The van der Waals surface area contributed by atoms with Gasteiger partial charge in [-0.15, -0.1) is 0 Å². The fraction of sp³-hybridized carbons (Fsp3) is 0.400. The predicted molar refractivity (Wildman–Crippen MR) is 40.5 cm³/mol. The van der Waals surface area contributed by atoms with Crippen molar-refractivity contribution in [2.75, 3.05) is 0 Å². The van der Waals surface area contributed by atoms with Crippen LogP contribution in [0.5, 0.6) is 0 Å². The summed E-state index contributed by atoms with van der Waals surface area (Å²) in [6, 6.07) is 0. The monoisotopic (exact) mass is 153 g/mol. The number of nitrogens with two attached hydrogens (primary N) is 1. The first-order valence-corrected chi connectivity index (χ1v) is 3.10. The zero-order valence-electron chi connectivity index (χ0n) is 5.60. The zero-order valence-corrected chi connectivity index (χ0v) is 5.60. The quantitative estimate of drug-likeness (QED) is 0.376. The molecule has 2 atom stereocenters. The summed E-state index contributed by atoms with van der Waals surface area (Å²) < 4.78 is 0. The molecular formula is C5H7N5O. The lowest BCUT2D eigenvalue weighted by atomic mass is 10.1. The molecule has 11 heavy (non-hydrogen) atoms. The Morgan fingerprint density at radius 3 is 3.18 bits per heavy atom. The van der Waals surface area contributed by atoms with Crippen molar-refractivity contribution < 1.29 is 5.11 Å². The van der Waals surface area contributed by atoms with Crippen LogP contribution in [0.4, 0.5) is 0 Å². The van der Waals surface area contributed by atoms with Crippen LogP contribution < -0.4 is 11.1 Å². The van der Waals surface area contributed by atoms with Gasteiger partial charge in [-0.25, -0.2) is 15.0 Å².